The van der Waals surface area contributed by atoms with Crippen LogP contribution in [0, 0.1) is 28.9 Å². The third kappa shape index (κ3) is 2.22. The smallest absolute Gasteiger partial charge is 0.326 e. The second kappa shape index (κ2) is 4.98. The molecule has 1 N–H and O–H groups in total. The van der Waals surface area contributed by atoms with E-state index in [2.05, 4.69) is 4.98 Å². The van der Waals surface area contributed by atoms with Gasteiger partial charge in [-0.25, -0.2) is 9.78 Å². The van der Waals surface area contributed by atoms with Crippen molar-refractivity contribution in [2.75, 3.05) is 11.4 Å². The quantitative estimate of drug-likeness (QED) is 0.675. The van der Waals surface area contributed by atoms with Crippen molar-refractivity contribution in [2.24, 2.45) is 11.8 Å². The van der Waals surface area contributed by atoms with Gasteiger partial charge in [0.1, 0.15) is 6.04 Å². The molecule has 0 amide bonds. The Labute approximate surface area is 121 Å². The summed E-state index contributed by atoms with van der Waals surface area (Å²) in [6.07, 6.45) is 2.90. The summed E-state index contributed by atoms with van der Waals surface area (Å²) < 4.78 is 0. The Kier molecular flexibility index (Phi) is 3.27. The molecule has 0 radical (unpaired) electrons. The maximum Gasteiger partial charge on any atom is 0.326 e. The predicted octanol–water partition coefficient (Wildman–Crippen LogP) is 1.99. The van der Waals surface area contributed by atoms with Gasteiger partial charge in [0.25, 0.3) is 0 Å². The van der Waals surface area contributed by atoms with E-state index in [0.717, 1.165) is 19.3 Å². The minimum atomic E-state index is -0.915. The Morgan fingerprint density at radius 3 is 2.90 bits per heavy atom. The van der Waals surface area contributed by atoms with E-state index in [9.17, 15) is 20.0 Å². The first-order valence-corrected chi connectivity index (χ1v) is 7.10. The number of aliphatic carboxylic acids is 1. The predicted molar refractivity (Wildman–Crippen MR) is 75.2 cm³/mol. The molecular weight excluding hydrogens is 274 g/mol. The molecule has 1 aromatic heterocycles. The number of aryl methyl sites for hydroxylation is 1. The van der Waals surface area contributed by atoms with Crippen molar-refractivity contribution in [3.05, 3.63) is 27.9 Å². The van der Waals surface area contributed by atoms with Crippen molar-refractivity contribution in [3.8, 4) is 0 Å². The van der Waals surface area contributed by atoms with Gasteiger partial charge in [-0.3, -0.25) is 10.1 Å². The van der Waals surface area contributed by atoms with Crippen LogP contribution in [-0.2, 0) is 4.79 Å². The topological polar surface area (TPSA) is 96.6 Å². The first kappa shape index (κ1) is 13.8. The Bertz CT molecular complexity index is 604. The summed E-state index contributed by atoms with van der Waals surface area (Å²) in [5, 5.41) is 20.8. The first-order valence-electron chi connectivity index (χ1n) is 7.10. The van der Waals surface area contributed by atoms with Crippen LogP contribution in [0.3, 0.4) is 0 Å². The molecule has 21 heavy (non-hydrogen) atoms. The Hall–Kier alpha value is -2.18. The zero-order valence-corrected chi connectivity index (χ0v) is 11.7. The molecule has 7 nitrogen and oxygen atoms in total. The summed E-state index contributed by atoms with van der Waals surface area (Å²) >= 11 is 0. The second-order valence-corrected chi connectivity index (χ2v) is 5.84. The number of nitrogens with zero attached hydrogens (tertiary/aromatic N) is 3. The lowest BCUT2D eigenvalue weighted by atomic mass is 9.94. The van der Waals surface area contributed by atoms with E-state index in [4.69, 9.17) is 0 Å². The van der Waals surface area contributed by atoms with Crippen LogP contribution >= 0.6 is 0 Å². The highest BCUT2D eigenvalue weighted by Gasteiger charge is 2.49. The highest BCUT2D eigenvalue weighted by molar-refractivity contribution is 5.80. The molecule has 0 aromatic carbocycles. The van der Waals surface area contributed by atoms with Gasteiger partial charge in [0.2, 0.25) is 5.82 Å². The molecule has 2 heterocycles. The van der Waals surface area contributed by atoms with Crippen molar-refractivity contribution in [3.63, 3.8) is 0 Å². The molecule has 2 aliphatic rings. The molecular formula is C14H17N3O4. The number of rotatable bonds is 3. The Balaban J connectivity index is 2.05. The number of anilines is 1. The maximum absolute atomic E-state index is 11.7. The van der Waals surface area contributed by atoms with Crippen LogP contribution in [0.1, 0.15) is 25.0 Å². The van der Waals surface area contributed by atoms with E-state index in [1.165, 1.54) is 6.07 Å². The fourth-order valence-electron chi connectivity index (χ4n) is 3.73. The largest absolute Gasteiger partial charge is 0.480 e. The van der Waals surface area contributed by atoms with Gasteiger partial charge >= 0.3 is 11.7 Å². The SMILES string of the molecule is Cc1ccc([N+](=O)[O-])c(N2CC3CCCC3C2C(=O)O)n1. The van der Waals surface area contributed by atoms with Gasteiger partial charge in [-0.1, -0.05) is 6.42 Å². The molecule has 3 rings (SSSR count). The lowest BCUT2D eigenvalue weighted by molar-refractivity contribution is -0.384. The van der Waals surface area contributed by atoms with Crippen LogP contribution in [0.2, 0.25) is 0 Å². The zero-order chi connectivity index (χ0) is 15.1. The molecule has 1 saturated carbocycles. The first-order chi connectivity index (χ1) is 9.99. The number of aromatic nitrogens is 1. The average Bonchev–Trinajstić information content (AvgIpc) is 2.96. The normalized spacial score (nSPS) is 27.7. The molecule has 1 aliphatic heterocycles. The third-order valence-electron chi connectivity index (χ3n) is 4.61. The van der Waals surface area contributed by atoms with Gasteiger partial charge < -0.3 is 10.0 Å². The van der Waals surface area contributed by atoms with Gasteiger partial charge in [-0.05, 0) is 37.7 Å². The van der Waals surface area contributed by atoms with E-state index in [0.29, 0.717) is 18.2 Å². The van der Waals surface area contributed by atoms with Gasteiger partial charge in [0, 0.05) is 18.3 Å². The van der Waals surface area contributed by atoms with E-state index < -0.39 is 16.9 Å². The van der Waals surface area contributed by atoms with Crippen molar-refractivity contribution in [1.29, 1.82) is 0 Å². The Morgan fingerprint density at radius 1 is 1.48 bits per heavy atom. The van der Waals surface area contributed by atoms with Crippen LogP contribution in [0.15, 0.2) is 12.1 Å². The fourth-order valence-corrected chi connectivity index (χ4v) is 3.73. The third-order valence-corrected chi connectivity index (χ3v) is 4.61. The number of hydrogen-bond donors (Lipinski definition) is 1. The lowest BCUT2D eigenvalue weighted by Gasteiger charge is -2.25. The van der Waals surface area contributed by atoms with Crippen LogP contribution in [0.25, 0.3) is 0 Å². The molecule has 2 fully saturated rings. The van der Waals surface area contributed by atoms with E-state index >= 15 is 0 Å². The molecule has 3 unspecified atom stereocenters. The van der Waals surface area contributed by atoms with Crippen molar-refractivity contribution in [2.45, 2.75) is 32.2 Å². The van der Waals surface area contributed by atoms with E-state index in [-0.39, 0.29) is 17.4 Å². The molecule has 0 spiro atoms. The summed E-state index contributed by atoms with van der Waals surface area (Å²) in [6, 6.07) is 2.28. The highest BCUT2D eigenvalue weighted by atomic mass is 16.6. The standard InChI is InChI=1S/C14H17N3O4/c1-8-5-6-11(17(20)21)13(15-8)16-7-9-3-2-4-10(9)12(16)14(18)19/h5-6,9-10,12H,2-4,7H2,1H3,(H,18,19). The number of nitro groups is 1. The molecule has 7 heteroatoms. The minimum absolute atomic E-state index is 0.0735. The van der Waals surface area contributed by atoms with Gasteiger partial charge in [-0.2, -0.15) is 0 Å². The number of hydrogen-bond acceptors (Lipinski definition) is 5. The molecule has 0 bridgehead atoms. The summed E-state index contributed by atoms with van der Waals surface area (Å²) in [6.45, 7) is 2.29. The summed E-state index contributed by atoms with van der Waals surface area (Å²) in [5.41, 5.74) is 0.531. The Morgan fingerprint density at radius 2 is 2.24 bits per heavy atom. The fraction of sp³-hybridized carbons (Fsp3) is 0.571. The summed E-state index contributed by atoms with van der Waals surface area (Å²) in [5.74, 6) is -0.346. The summed E-state index contributed by atoms with van der Waals surface area (Å²) in [7, 11) is 0. The second-order valence-electron chi connectivity index (χ2n) is 5.84. The van der Waals surface area contributed by atoms with Gasteiger partial charge in [-0.15, -0.1) is 0 Å². The lowest BCUT2D eigenvalue weighted by Crippen LogP contribution is -2.40. The average molecular weight is 291 g/mol. The summed E-state index contributed by atoms with van der Waals surface area (Å²) in [4.78, 5) is 28.3. The molecule has 1 aliphatic carbocycles. The van der Waals surface area contributed by atoms with Crippen LogP contribution < -0.4 is 4.90 Å². The van der Waals surface area contributed by atoms with Crippen molar-refractivity contribution >= 4 is 17.5 Å². The van der Waals surface area contributed by atoms with E-state index in [1.54, 1.807) is 17.9 Å². The van der Waals surface area contributed by atoms with Crippen LogP contribution in [-0.4, -0.2) is 33.6 Å². The molecule has 3 atom stereocenters. The monoisotopic (exact) mass is 291 g/mol. The molecule has 112 valence electrons. The van der Waals surface area contributed by atoms with Crippen LogP contribution in [0.5, 0.6) is 0 Å². The van der Waals surface area contributed by atoms with Crippen molar-refractivity contribution in [1.82, 2.24) is 4.98 Å². The number of carboxylic acids is 1. The number of fused-ring (bicyclic) bond motifs is 1. The van der Waals surface area contributed by atoms with Gasteiger partial charge in [0.05, 0.1) is 4.92 Å². The maximum atomic E-state index is 11.7. The van der Waals surface area contributed by atoms with Crippen molar-refractivity contribution < 1.29 is 14.8 Å². The van der Waals surface area contributed by atoms with E-state index in [1.807, 2.05) is 0 Å². The number of carboxylic acid groups (broad SMARTS) is 1. The molecule has 1 saturated heterocycles. The van der Waals surface area contributed by atoms with Crippen LogP contribution in [0.4, 0.5) is 11.5 Å². The van der Waals surface area contributed by atoms with Gasteiger partial charge in [0.15, 0.2) is 0 Å². The minimum Gasteiger partial charge on any atom is -0.480 e. The number of pyridine rings is 1. The zero-order valence-electron chi connectivity index (χ0n) is 11.7. The highest BCUT2D eigenvalue weighted by Crippen LogP contribution is 2.45. The number of carbonyl (C=O) groups is 1. The molecule has 1 aromatic rings.